The number of aromatic nitrogens is 2. The molecule has 1 aliphatic carbocycles. The molecule has 3 rings (SSSR count). The summed E-state index contributed by atoms with van der Waals surface area (Å²) in [5.74, 6) is -0.640. The van der Waals surface area contributed by atoms with Crippen molar-refractivity contribution >= 4 is 17.6 Å². The number of hydrogen-bond donors (Lipinski definition) is 1. The zero-order valence-electron chi connectivity index (χ0n) is 13.2. The molecule has 0 saturated heterocycles. The Morgan fingerprint density at radius 3 is 2.61 bits per heavy atom. The molecule has 1 aromatic carbocycles. The molecule has 0 unspecified atom stereocenters. The summed E-state index contributed by atoms with van der Waals surface area (Å²) in [6, 6.07) is 9.69. The number of rotatable bonds is 5. The average Bonchev–Trinajstić information content (AvgIpc) is 3.36. The number of para-hydroxylation sites is 1. The van der Waals surface area contributed by atoms with Crippen molar-refractivity contribution in [2.24, 2.45) is 5.92 Å². The predicted molar refractivity (Wildman–Crippen MR) is 85.4 cm³/mol. The Balaban J connectivity index is 1.69. The number of benzene rings is 1. The maximum atomic E-state index is 12.0. The largest absolute Gasteiger partial charge is 0.455 e. The van der Waals surface area contributed by atoms with Crippen LogP contribution in [0.2, 0.25) is 0 Å². The van der Waals surface area contributed by atoms with E-state index in [-0.39, 0.29) is 24.4 Å². The number of anilines is 1. The molecule has 1 aromatic heterocycles. The standard InChI is InChI=1S/C17H19N3O3/c1-11-16(18-15(21)10-23-17(22)13-8-9-13)12(2)20(19-11)14-6-4-3-5-7-14/h3-7,13H,8-10H2,1-2H3,(H,18,21). The van der Waals surface area contributed by atoms with Gasteiger partial charge < -0.3 is 10.1 Å². The molecule has 1 aliphatic rings. The van der Waals surface area contributed by atoms with E-state index in [0.29, 0.717) is 11.4 Å². The Labute approximate surface area is 134 Å². The smallest absolute Gasteiger partial charge is 0.309 e. The van der Waals surface area contributed by atoms with Gasteiger partial charge in [-0.05, 0) is 38.8 Å². The second kappa shape index (κ2) is 6.24. The number of nitrogens with one attached hydrogen (secondary N) is 1. The molecule has 120 valence electrons. The van der Waals surface area contributed by atoms with Crippen LogP contribution in [0.25, 0.3) is 5.69 Å². The molecule has 1 fully saturated rings. The third-order valence-corrected chi connectivity index (χ3v) is 3.81. The molecule has 2 aromatic rings. The number of ether oxygens (including phenoxy) is 1. The maximum Gasteiger partial charge on any atom is 0.309 e. The first-order valence-electron chi connectivity index (χ1n) is 7.64. The molecule has 6 nitrogen and oxygen atoms in total. The molecule has 23 heavy (non-hydrogen) atoms. The third kappa shape index (κ3) is 3.41. The monoisotopic (exact) mass is 313 g/mol. The van der Waals surface area contributed by atoms with Crippen LogP contribution in [-0.4, -0.2) is 28.3 Å². The fourth-order valence-electron chi connectivity index (χ4n) is 2.39. The van der Waals surface area contributed by atoms with Gasteiger partial charge in [-0.1, -0.05) is 18.2 Å². The van der Waals surface area contributed by atoms with E-state index in [1.807, 2.05) is 44.2 Å². The maximum absolute atomic E-state index is 12.0. The minimum atomic E-state index is -0.349. The van der Waals surface area contributed by atoms with Gasteiger partial charge in [0, 0.05) is 0 Å². The molecular formula is C17H19N3O3. The number of hydrogen-bond acceptors (Lipinski definition) is 4. The molecular weight excluding hydrogens is 294 g/mol. The predicted octanol–water partition coefficient (Wildman–Crippen LogP) is 2.38. The van der Waals surface area contributed by atoms with Gasteiger partial charge in [-0.3, -0.25) is 9.59 Å². The molecule has 0 bridgehead atoms. The molecule has 1 N–H and O–H groups in total. The Hall–Kier alpha value is -2.63. The summed E-state index contributed by atoms with van der Waals surface area (Å²) in [6.45, 7) is 3.46. The number of carbonyl (C=O) groups excluding carboxylic acids is 2. The molecule has 6 heteroatoms. The SMILES string of the molecule is Cc1nn(-c2ccccc2)c(C)c1NC(=O)COC(=O)C1CC1. The van der Waals surface area contributed by atoms with Gasteiger partial charge in [0.05, 0.1) is 28.7 Å². The quantitative estimate of drug-likeness (QED) is 0.860. The summed E-state index contributed by atoms with van der Waals surface area (Å²) >= 11 is 0. The minimum absolute atomic E-state index is 0.00731. The molecule has 0 radical (unpaired) electrons. The molecule has 0 spiro atoms. The molecule has 0 atom stereocenters. The van der Waals surface area contributed by atoms with E-state index in [9.17, 15) is 9.59 Å². The molecule has 1 amide bonds. The highest BCUT2D eigenvalue weighted by atomic mass is 16.5. The van der Waals surface area contributed by atoms with Crippen LogP contribution < -0.4 is 5.32 Å². The van der Waals surface area contributed by atoms with Crippen molar-refractivity contribution in [1.82, 2.24) is 9.78 Å². The van der Waals surface area contributed by atoms with Gasteiger partial charge in [0.25, 0.3) is 5.91 Å². The van der Waals surface area contributed by atoms with Crippen molar-refractivity contribution in [1.29, 1.82) is 0 Å². The molecule has 0 aliphatic heterocycles. The number of amides is 1. The third-order valence-electron chi connectivity index (χ3n) is 3.81. The first kappa shape index (κ1) is 15.3. The topological polar surface area (TPSA) is 73.2 Å². The number of nitrogens with zero attached hydrogens (tertiary/aromatic N) is 2. The van der Waals surface area contributed by atoms with Crippen molar-refractivity contribution in [3.05, 3.63) is 41.7 Å². The van der Waals surface area contributed by atoms with E-state index in [2.05, 4.69) is 10.4 Å². The van der Waals surface area contributed by atoms with Crippen LogP contribution in [0.1, 0.15) is 24.2 Å². The fraction of sp³-hybridized carbons (Fsp3) is 0.353. The van der Waals surface area contributed by atoms with Gasteiger partial charge in [0.1, 0.15) is 0 Å². The molecule has 1 saturated carbocycles. The van der Waals surface area contributed by atoms with E-state index in [1.165, 1.54) is 0 Å². The van der Waals surface area contributed by atoms with Gasteiger partial charge >= 0.3 is 5.97 Å². The Bertz CT molecular complexity index is 733. The van der Waals surface area contributed by atoms with Crippen LogP contribution in [0.4, 0.5) is 5.69 Å². The van der Waals surface area contributed by atoms with Crippen LogP contribution >= 0.6 is 0 Å². The summed E-state index contributed by atoms with van der Waals surface area (Å²) in [5, 5.41) is 7.24. The van der Waals surface area contributed by atoms with Gasteiger partial charge in [0.15, 0.2) is 6.61 Å². The van der Waals surface area contributed by atoms with E-state index >= 15 is 0 Å². The minimum Gasteiger partial charge on any atom is -0.455 e. The zero-order valence-corrected chi connectivity index (χ0v) is 13.2. The highest BCUT2D eigenvalue weighted by Gasteiger charge is 2.31. The van der Waals surface area contributed by atoms with E-state index in [0.717, 1.165) is 24.2 Å². The van der Waals surface area contributed by atoms with Crippen molar-refractivity contribution < 1.29 is 14.3 Å². The van der Waals surface area contributed by atoms with Crippen LogP contribution in [0.15, 0.2) is 30.3 Å². The van der Waals surface area contributed by atoms with E-state index in [4.69, 9.17) is 4.74 Å². The van der Waals surface area contributed by atoms with Crippen molar-refractivity contribution in [2.45, 2.75) is 26.7 Å². The summed E-state index contributed by atoms with van der Waals surface area (Å²) in [5.41, 5.74) is 3.12. The number of aryl methyl sites for hydroxylation is 1. The van der Waals surface area contributed by atoms with Gasteiger partial charge in [0.2, 0.25) is 0 Å². The summed E-state index contributed by atoms with van der Waals surface area (Å²) < 4.78 is 6.77. The lowest BCUT2D eigenvalue weighted by molar-refractivity contribution is -0.148. The lowest BCUT2D eigenvalue weighted by atomic mass is 10.3. The Morgan fingerprint density at radius 1 is 1.26 bits per heavy atom. The van der Waals surface area contributed by atoms with Gasteiger partial charge in [-0.2, -0.15) is 5.10 Å². The first-order chi connectivity index (χ1) is 11.1. The van der Waals surface area contributed by atoms with E-state index in [1.54, 1.807) is 4.68 Å². The lowest BCUT2D eigenvalue weighted by Crippen LogP contribution is -2.22. The zero-order chi connectivity index (χ0) is 16.4. The fourth-order valence-corrected chi connectivity index (χ4v) is 2.39. The first-order valence-corrected chi connectivity index (χ1v) is 7.64. The van der Waals surface area contributed by atoms with Crippen LogP contribution in [0.3, 0.4) is 0 Å². The van der Waals surface area contributed by atoms with Crippen LogP contribution in [-0.2, 0) is 14.3 Å². The number of carbonyl (C=O) groups is 2. The van der Waals surface area contributed by atoms with Crippen molar-refractivity contribution in [2.75, 3.05) is 11.9 Å². The Morgan fingerprint density at radius 2 is 1.96 bits per heavy atom. The molecule has 1 heterocycles. The second-order valence-corrected chi connectivity index (χ2v) is 5.72. The lowest BCUT2D eigenvalue weighted by Gasteiger charge is -2.07. The summed E-state index contributed by atoms with van der Waals surface area (Å²) in [4.78, 5) is 23.5. The van der Waals surface area contributed by atoms with Crippen LogP contribution in [0.5, 0.6) is 0 Å². The highest BCUT2D eigenvalue weighted by molar-refractivity contribution is 5.94. The van der Waals surface area contributed by atoms with Crippen molar-refractivity contribution in [3.63, 3.8) is 0 Å². The van der Waals surface area contributed by atoms with E-state index < -0.39 is 0 Å². The van der Waals surface area contributed by atoms with Crippen LogP contribution in [0, 0.1) is 19.8 Å². The normalized spacial score (nSPS) is 13.7. The Kier molecular flexibility index (Phi) is 4.14. The van der Waals surface area contributed by atoms with Crippen molar-refractivity contribution in [3.8, 4) is 5.69 Å². The average molecular weight is 313 g/mol. The highest BCUT2D eigenvalue weighted by Crippen LogP contribution is 2.30. The van der Waals surface area contributed by atoms with Gasteiger partial charge in [-0.25, -0.2) is 4.68 Å². The summed E-state index contributed by atoms with van der Waals surface area (Å²) in [7, 11) is 0. The number of esters is 1. The second-order valence-electron chi connectivity index (χ2n) is 5.72. The summed E-state index contributed by atoms with van der Waals surface area (Å²) in [6.07, 6.45) is 1.73. The van der Waals surface area contributed by atoms with Gasteiger partial charge in [-0.15, -0.1) is 0 Å².